The van der Waals surface area contributed by atoms with Crippen LogP contribution in [0.4, 0.5) is 4.39 Å². The van der Waals surface area contributed by atoms with Gasteiger partial charge in [0.25, 0.3) is 0 Å². The van der Waals surface area contributed by atoms with E-state index in [1.54, 1.807) is 61.8 Å². The van der Waals surface area contributed by atoms with Gasteiger partial charge < -0.3 is 42.6 Å². The first-order chi connectivity index (χ1) is 70.4. The van der Waals surface area contributed by atoms with Crippen molar-refractivity contribution >= 4 is 95.9 Å². The summed E-state index contributed by atoms with van der Waals surface area (Å²) in [6, 6.07) is 57.8. The molecule has 16 nitrogen and oxygen atoms in total. The average Bonchev–Trinajstić information content (AvgIpc) is 1.59. The van der Waals surface area contributed by atoms with Crippen LogP contribution in [0.3, 0.4) is 0 Å². The largest absolute Gasteiger partial charge is 0.497 e. The zero-order valence-corrected chi connectivity index (χ0v) is 88.6. The van der Waals surface area contributed by atoms with Crippen molar-refractivity contribution in [3.8, 4) is 11.5 Å². The van der Waals surface area contributed by atoms with E-state index in [0.717, 1.165) is 169 Å². The molecule has 12 saturated carbocycles. The second kappa shape index (κ2) is 53.4. The fraction of sp³-hybridized carbons (Fsp3) is 0.492. The molecule has 12 aliphatic carbocycles. The molecule has 18 heteroatoms. The number of carbonyl (C=O) groups excluding carboxylic acids is 7. The first kappa shape index (κ1) is 110. The maximum Gasteiger partial charge on any atom is 0.330 e. The Morgan fingerprint density at radius 1 is 0.274 bits per heavy atom. The van der Waals surface area contributed by atoms with Crippen molar-refractivity contribution in [1.82, 2.24) is 0 Å². The molecule has 0 heterocycles. The summed E-state index contributed by atoms with van der Waals surface area (Å²) in [6.07, 6.45) is 38.4. The minimum atomic E-state index is -0.330. The maximum atomic E-state index is 12.8. The number of rotatable bonds is 32. The molecule has 7 aromatic rings. The minimum absolute atomic E-state index is 0.220. The zero-order valence-electron chi connectivity index (χ0n) is 87.9. The van der Waals surface area contributed by atoms with E-state index in [0.29, 0.717) is 117 Å². The molecule has 778 valence electrons. The van der Waals surface area contributed by atoms with E-state index in [1.165, 1.54) is 119 Å². The SMILES string of the molecule is C=CCOc1ccc(/C=C/C(=O)OCC2CC3CC2C(C)C3C)cc1.CC1C(C)C2CC1C(COC(=O)/C=C/c1ccccc1)C2COC(=O)/C=C/c1ccccc1.CC1C2CC(COC(=O)/C=C/c3ccc(Cl)cc3)C(C2)C1C.CC1C2CC(COC(=O)/C=C/c3ccc(F)cc3)C(C2)C1C.CC1C2CC(COC(=O)/C=C/c3ccccc3)C(C2)C1C.COc1ccc(/C=C/C(=O)OCC2CC3CC2C(C)C3C)cc1. The van der Waals surface area contributed by atoms with Crippen molar-refractivity contribution in [3.05, 3.63) is 293 Å². The van der Waals surface area contributed by atoms with Crippen LogP contribution in [0.15, 0.2) is 243 Å². The monoisotopic (exact) mass is 2000 g/mol. The van der Waals surface area contributed by atoms with Gasteiger partial charge in [0.15, 0.2) is 0 Å². The lowest BCUT2D eigenvalue weighted by molar-refractivity contribution is -0.145. The van der Waals surface area contributed by atoms with Gasteiger partial charge in [0.1, 0.15) is 23.9 Å². The summed E-state index contributed by atoms with van der Waals surface area (Å²) >= 11 is 5.83. The molecule has 12 fully saturated rings. The molecule has 0 amide bonds. The number of methoxy groups -OCH3 is 1. The fourth-order valence-corrected chi connectivity index (χ4v) is 27.5. The van der Waals surface area contributed by atoms with Crippen molar-refractivity contribution < 1.29 is 80.6 Å². The van der Waals surface area contributed by atoms with Crippen LogP contribution in [0.1, 0.15) is 193 Å². The molecule has 7 aromatic carbocycles. The molecule has 12 aliphatic rings. The third kappa shape index (κ3) is 30.0. The van der Waals surface area contributed by atoms with Gasteiger partial charge in [0.05, 0.1) is 53.4 Å². The summed E-state index contributed by atoms with van der Waals surface area (Å²) in [6.45, 7) is 35.9. The van der Waals surface area contributed by atoms with Crippen molar-refractivity contribution in [2.45, 2.75) is 154 Å². The third-order valence-electron chi connectivity index (χ3n) is 37.0. The summed E-state index contributed by atoms with van der Waals surface area (Å²) in [5.41, 5.74) is 6.60. The van der Waals surface area contributed by atoms with E-state index in [4.69, 9.17) is 54.2 Å². The molecule has 0 aromatic heterocycles. The summed E-state index contributed by atoms with van der Waals surface area (Å²) in [7, 11) is 1.64. The van der Waals surface area contributed by atoms with Crippen LogP contribution in [0, 0.1) is 189 Å². The number of ether oxygens (including phenoxy) is 9. The Bertz CT molecular complexity index is 5420. The van der Waals surface area contributed by atoms with Crippen LogP contribution in [-0.2, 0) is 66.7 Å². The quantitative estimate of drug-likeness (QED) is 0.0167. The summed E-state index contributed by atoms with van der Waals surface area (Å²) in [4.78, 5) is 84.0. The number of hydrogen-bond donors (Lipinski definition) is 0. The summed E-state index contributed by atoms with van der Waals surface area (Å²) in [5.74, 6) is 20.7. The Kier molecular flexibility index (Phi) is 40.4. The van der Waals surface area contributed by atoms with Gasteiger partial charge in [-0.25, -0.2) is 38.0 Å². The number of fused-ring (bicyclic) bond motifs is 12. The van der Waals surface area contributed by atoms with Crippen LogP contribution >= 0.6 is 11.6 Å². The van der Waals surface area contributed by atoms with Crippen LogP contribution in [0.5, 0.6) is 11.5 Å². The average molecular weight is 2010 g/mol. The molecule has 0 spiro atoms. The topological polar surface area (TPSA) is 203 Å². The highest BCUT2D eigenvalue weighted by molar-refractivity contribution is 6.30. The Hall–Kier alpha value is -11.4. The number of esters is 7. The Morgan fingerprint density at radius 2 is 0.493 bits per heavy atom. The van der Waals surface area contributed by atoms with E-state index in [2.05, 4.69) is 89.7 Å². The van der Waals surface area contributed by atoms with Crippen molar-refractivity contribution in [2.24, 2.45) is 183 Å². The number of carbonyl (C=O) groups is 7. The van der Waals surface area contributed by atoms with E-state index < -0.39 is 0 Å². The number of benzene rings is 7. The van der Waals surface area contributed by atoms with Crippen molar-refractivity contribution in [1.29, 1.82) is 0 Å². The van der Waals surface area contributed by atoms with E-state index in [-0.39, 0.29) is 59.4 Å². The van der Waals surface area contributed by atoms with E-state index in [9.17, 15) is 38.0 Å². The normalized spacial score (nSPS) is 31.8. The van der Waals surface area contributed by atoms with Gasteiger partial charge >= 0.3 is 41.8 Å². The fourth-order valence-electron chi connectivity index (χ4n) is 27.4. The highest BCUT2D eigenvalue weighted by atomic mass is 35.5. The Morgan fingerprint density at radius 3 is 0.726 bits per heavy atom. The molecule has 0 aliphatic heterocycles. The smallest absolute Gasteiger partial charge is 0.330 e. The second-order valence-electron chi connectivity index (χ2n) is 44.5. The molecule has 0 saturated heterocycles. The molecule has 12 bridgehead atoms. The lowest BCUT2D eigenvalue weighted by atomic mass is 9.70. The van der Waals surface area contributed by atoms with Crippen LogP contribution in [0.25, 0.3) is 42.5 Å². The highest BCUT2D eigenvalue weighted by Gasteiger charge is 2.57. The molecular weight excluding hydrogens is 1850 g/mol. The molecule has 31 unspecified atom stereocenters. The molecular formula is C128H156ClFO16. The van der Waals surface area contributed by atoms with E-state index >= 15 is 0 Å². The maximum absolute atomic E-state index is 12.8. The summed E-state index contributed by atoms with van der Waals surface area (Å²) < 4.78 is 61.9. The minimum Gasteiger partial charge on any atom is -0.497 e. The first-order valence-corrected chi connectivity index (χ1v) is 54.4. The van der Waals surface area contributed by atoms with Crippen LogP contribution in [0.2, 0.25) is 5.02 Å². The van der Waals surface area contributed by atoms with Gasteiger partial charge in [0, 0.05) is 59.4 Å². The highest BCUT2D eigenvalue weighted by Crippen LogP contribution is 2.61. The predicted octanol–water partition coefficient (Wildman–Crippen LogP) is 27.9. The molecule has 19 rings (SSSR count). The van der Waals surface area contributed by atoms with Gasteiger partial charge in [-0.2, -0.15) is 0 Å². The van der Waals surface area contributed by atoms with Gasteiger partial charge in [0.2, 0.25) is 0 Å². The number of halogens is 2. The molecule has 31 atom stereocenters. The third-order valence-corrected chi connectivity index (χ3v) is 37.2. The van der Waals surface area contributed by atoms with Gasteiger partial charge in [-0.15, -0.1) is 0 Å². The number of hydrogen-bond acceptors (Lipinski definition) is 16. The van der Waals surface area contributed by atoms with Crippen LogP contribution < -0.4 is 9.47 Å². The van der Waals surface area contributed by atoms with Crippen molar-refractivity contribution in [2.75, 3.05) is 60.0 Å². The van der Waals surface area contributed by atoms with E-state index in [1.807, 2.05) is 170 Å². The van der Waals surface area contributed by atoms with Gasteiger partial charge in [-0.1, -0.05) is 247 Å². The zero-order chi connectivity index (χ0) is 104. The van der Waals surface area contributed by atoms with Gasteiger partial charge in [-0.3, -0.25) is 0 Å². The lowest BCUT2D eigenvalue weighted by Crippen LogP contribution is -2.38. The van der Waals surface area contributed by atoms with Crippen molar-refractivity contribution in [3.63, 3.8) is 0 Å². The lowest BCUT2D eigenvalue weighted by Gasteiger charge is -2.37. The molecule has 0 N–H and O–H groups in total. The molecule has 0 radical (unpaired) electrons. The second-order valence-corrected chi connectivity index (χ2v) is 44.9. The first-order valence-electron chi connectivity index (χ1n) is 54.0. The van der Waals surface area contributed by atoms with Gasteiger partial charge in [-0.05, 0) is 372 Å². The predicted molar refractivity (Wildman–Crippen MR) is 579 cm³/mol. The standard InChI is InChI=1S/C29H32O4.C22H28O3.C20H26O3.C19H23ClO2.C19H23FO2.C19H24O2/c1-20-21(2)25-17-24(20)26(18-32-28(30)15-13-22-9-5-3-6-10-22)27(25)19-33-29(31)16-14-23-11-7-4-8-12-23;1-4-11-24-20-8-5-17(6-9-20)7-10-22(23)25-14-19-12-18-13-21(19)16(3)15(18)2;1-13-14(2)19-11-16(13)10-17(19)12-23-20(21)9-6-15-4-7-18(22-3)8-5-15;2*1-12-13(2)18-10-15(12)9-16(18)11-22-19(21)8-5-14-3-6-17(20)7-4-14;1-13-14(2)18-11-16(13)10-17(18)12-21-19(20)9-8-15-6-4-3-5-7-15/h3-16,20-21,24-27H,17-19H2,1-2H3;4-10,15-16,18-19,21H,1,11-14H2,2-3H3;4-9,13-14,16-17,19H,10-12H2,1-3H3;2*3-8,12-13,15-16,18H,9-11H2,1-2H3;3-9,13-14,16-18H,10-12H2,1-2H3/b15-13+,16-14+;10-7+;9-6+;2*8-5+;9-8+. The summed E-state index contributed by atoms with van der Waals surface area (Å²) in [5, 5.41) is 0.694. The Balaban J connectivity index is 0.000000140. The van der Waals surface area contributed by atoms with Crippen LogP contribution in [-0.4, -0.2) is 102 Å². The Labute approximate surface area is 872 Å². The molecule has 146 heavy (non-hydrogen) atoms.